The van der Waals surface area contributed by atoms with Gasteiger partial charge < -0.3 is 15.8 Å². The average Bonchev–Trinajstić information content (AvgIpc) is 3.14. The van der Waals surface area contributed by atoms with Crippen molar-refractivity contribution in [1.29, 1.82) is 0 Å². The number of anilines is 2. The SMILES string of the molecule is Nc1ccc2c(c1)-n1nc(-c3ccc(Oc4ccccc4)cc3)c(C=O)c1NC2. The Labute approximate surface area is 167 Å². The molecule has 0 radical (unpaired) electrons. The molecule has 0 aliphatic carbocycles. The van der Waals surface area contributed by atoms with Gasteiger partial charge in [-0.05, 0) is 54.1 Å². The van der Waals surface area contributed by atoms with E-state index in [4.69, 9.17) is 15.6 Å². The van der Waals surface area contributed by atoms with E-state index in [0.29, 0.717) is 35.1 Å². The molecule has 29 heavy (non-hydrogen) atoms. The second-order valence-corrected chi connectivity index (χ2v) is 6.82. The monoisotopic (exact) mass is 382 g/mol. The van der Waals surface area contributed by atoms with Crippen molar-refractivity contribution < 1.29 is 9.53 Å². The van der Waals surface area contributed by atoms with Crippen molar-refractivity contribution in [1.82, 2.24) is 9.78 Å². The van der Waals surface area contributed by atoms with Crippen molar-refractivity contribution in [2.45, 2.75) is 6.54 Å². The largest absolute Gasteiger partial charge is 0.457 e. The minimum Gasteiger partial charge on any atom is -0.457 e. The molecule has 0 bridgehead atoms. The fraction of sp³-hybridized carbons (Fsp3) is 0.0435. The molecular formula is C23H18N4O2. The lowest BCUT2D eigenvalue weighted by atomic mass is 10.1. The number of fused-ring (bicyclic) bond motifs is 3. The van der Waals surface area contributed by atoms with E-state index in [1.807, 2.05) is 72.8 Å². The molecule has 0 saturated carbocycles. The smallest absolute Gasteiger partial charge is 0.156 e. The van der Waals surface area contributed by atoms with Crippen LogP contribution in [0.2, 0.25) is 0 Å². The van der Waals surface area contributed by atoms with E-state index < -0.39 is 0 Å². The Bertz CT molecular complexity index is 1200. The average molecular weight is 382 g/mol. The number of para-hydroxylation sites is 1. The third-order valence-electron chi connectivity index (χ3n) is 4.93. The quantitative estimate of drug-likeness (QED) is 0.396. The van der Waals surface area contributed by atoms with Crippen LogP contribution in [-0.2, 0) is 6.54 Å². The predicted molar refractivity (Wildman–Crippen MR) is 113 cm³/mol. The highest BCUT2D eigenvalue weighted by Crippen LogP contribution is 2.35. The summed E-state index contributed by atoms with van der Waals surface area (Å²) in [4.78, 5) is 11.9. The van der Waals surface area contributed by atoms with Crippen molar-refractivity contribution in [3.8, 4) is 28.4 Å². The number of aldehydes is 1. The molecule has 1 aromatic heterocycles. The Hall–Kier alpha value is -4.06. The summed E-state index contributed by atoms with van der Waals surface area (Å²) in [5, 5.41) is 8.01. The van der Waals surface area contributed by atoms with Gasteiger partial charge in [-0.2, -0.15) is 5.10 Å². The van der Waals surface area contributed by atoms with Gasteiger partial charge in [0.25, 0.3) is 0 Å². The van der Waals surface area contributed by atoms with Crippen molar-refractivity contribution in [3.63, 3.8) is 0 Å². The highest BCUT2D eigenvalue weighted by Gasteiger charge is 2.24. The zero-order chi connectivity index (χ0) is 19.8. The van der Waals surface area contributed by atoms with Crippen LogP contribution in [0.5, 0.6) is 11.5 Å². The molecule has 0 spiro atoms. The number of hydrogen-bond donors (Lipinski definition) is 2. The molecule has 1 aliphatic rings. The molecule has 3 N–H and O–H groups in total. The minimum atomic E-state index is 0.523. The van der Waals surface area contributed by atoms with E-state index in [1.165, 1.54) is 0 Å². The van der Waals surface area contributed by atoms with Crippen LogP contribution in [0.3, 0.4) is 0 Å². The van der Waals surface area contributed by atoms with Crippen LogP contribution < -0.4 is 15.8 Å². The highest BCUT2D eigenvalue weighted by atomic mass is 16.5. The molecule has 6 nitrogen and oxygen atoms in total. The normalized spacial score (nSPS) is 11.9. The first-order valence-corrected chi connectivity index (χ1v) is 9.27. The van der Waals surface area contributed by atoms with Gasteiger partial charge in [0.15, 0.2) is 6.29 Å². The maximum atomic E-state index is 11.9. The van der Waals surface area contributed by atoms with Gasteiger partial charge >= 0.3 is 0 Å². The van der Waals surface area contributed by atoms with Crippen LogP contribution in [-0.4, -0.2) is 16.1 Å². The summed E-state index contributed by atoms with van der Waals surface area (Å²) >= 11 is 0. The fourth-order valence-electron chi connectivity index (χ4n) is 3.51. The molecule has 0 amide bonds. The van der Waals surface area contributed by atoms with Crippen molar-refractivity contribution in [2.24, 2.45) is 0 Å². The van der Waals surface area contributed by atoms with Crippen molar-refractivity contribution in [2.75, 3.05) is 11.1 Å². The Kier molecular flexibility index (Phi) is 4.02. The summed E-state index contributed by atoms with van der Waals surface area (Å²) in [6.07, 6.45) is 0.840. The van der Waals surface area contributed by atoms with Crippen LogP contribution in [0.4, 0.5) is 11.5 Å². The first-order valence-electron chi connectivity index (χ1n) is 9.27. The van der Waals surface area contributed by atoms with Gasteiger partial charge in [-0.15, -0.1) is 0 Å². The van der Waals surface area contributed by atoms with E-state index in [1.54, 1.807) is 4.68 Å². The third-order valence-corrected chi connectivity index (χ3v) is 4.93. The lowest BCUT2D eigenvalue weighted by Gasteiger charge is -2.20. The van der Waals surface area contributed by atoms with Gasteiger partial charge in [-0.1, -0.05) is 24.3 Å². The predicted octanol–water partition coefficient (Wildman–Crippen LogP) is 4.65. The number of nitrogens with two attached hydrogens (primary N) is 1. The van der Waals surface area contributed by atoms with E-state index >= 15 is 0 Å². The second-order valence-electron chi connectivity index (χ2n) is 6.82. The van der Waals surface area contributed by atoms with Crippen LogP contribution in [0.15, 0.2) is 72.8 Å². The van der Waals surface area contributed by atoms with Crippen LogP contribution in [0, 0.1) is 0 Å². The second kappa shape index (κ2) is 6.83. The minimum absolute atomic E-state index is 0.523. The molecule has 2 heterocycles. The summed E-state index contributed by atoms with van der Waals surface area (Å²) in [6.45, 7) is 0.617. The maximum absolute atomic E-state index is 11.9. The zero-order valence-corrected chi connectivity index (χ0v) is 15.5. The molecule has 1 aliphatic heterocycles. The van der Waals surface area contributed by atoms with Gasteiger partial charge in [0.2, 0.25) is 0 Å². The number of ether oxygens (including phenoxy) is 1. The van der Waals surface area contributed by atoms with E-state index in [-0.39, 0.29) is 0 Å². The number of benzene rings is 3. The molecule has 0 fully saturated rings. The molecule has 4 aromatic rings. The summed E-state index contributed by atoms with van der Waals surface area (Å²) < 4.78 is 7.60. The van der Waals surface area contributed by atoms with Crippen LogP contribution >= 0.6 is 0 Å². The van der Waals surface area contributed by atoms with E-state index in [2.05, 4.69) is 5.32 Å². The van der Waals surface area contributed by atoms with Gasteiger partial charge in [0.05, 0.1) is 11.3 Å². The maximum Gasteiger partial charge on any atom is 0.156 e. The number of nitrogens with one attached hydrogen (secondary N) is 1. The Morgan fingerprint density at radius 3 is 2.52 bits per heavy atom. The van der Waals surface area contributed by atoms with Gasteiger partial charge in [-0.3, -0.25) is 4.79 Å². The number of nitrogen functional groups attached to an aromatic ring is 1. The van der Waals surface area contributed by atoms with Gasteiger partial charge in [0, 0.05) is 17.8 Å². The molecule has 0 saturated heterocycles. The van der Waals surface area contributed by atoms with Gasteiger partial charge in [-0.25, -0.2) is 4.68 Å². The molecule has 0 atom stereocenters. The summed E-state index contributed by atoms with van der Waals surface area (Å²) in [7, 11) is 0. The number of hydrogen-bond acceptors (Lipinski definition) is 5. The number of aromatic nitrogens is 2. The molecule has 6 heteroatoms. The lowest BCUT2D eigenvalue weighted by Crippen LogP contribution is -2.16. The van der Waals surface area contributed by atoms with Crippen molar-refractivity contribution in [3.05, 3.63) is 83.9 Å². The van der Waals surface area contributed by atoms with Gasteiger partial charge in [0.1, 0.15) is 23.0 Å². The Morgan fingerprint density at radius 2 is 1.76 bits per heavy atom. The fourth-order valence-corrected chi connectivity index (χ4v) is 3.51. The number of rotatable bonds is 4. The van der Waals surface area contributed by atoms with Crippen molar-refractivity contribution >= 4 is 17.8 Å². The topological polar surface area (TPSA) is 82.2 Å². The Balaban J connectivity index is 1.53. The first-order chi connectivity index (χ1) is 14.2. The highest BCUT2D eigenvalue weighted by molar-refractivity contribution is 5.93. The van der Waals surface area contributed by atoms with E-state index in [0.717, 1.165) is 28.8 Å². The number of carbonyl (C=O) groups excluding carboxylic acids is 1. The first kappa shape index (κ1) is 17.1. The summed E-state index contributed by atoms with van der Waals surface area (Å²) in [6, 6.07) is 22.8. The zero-order valence-electron chi connectivity index (χ0n) is 15.5. The molecule has 3 aromatic carbocycles. The summed E-state index contributed by atoms with van der Waals surface area (Å²) in [5.74, 6) is 2.16. The Morgan fingerprint density at radius 1 is 1.00 bits per heavy atom. The molecule has 5 rings (SSSR count). The van der Waals surface area contributed by atoms with E-state index in [9.17, 15) is 4.79 Å². The van der Waals surface area contributed by atoms with Crippen LogP contribution in [0.25, 0.3) is 16.9 Å². The standard InChI is InChI=1S/C23H18N4O2/c24-17-9-6-16-13-25-23-20(14-28)22(26-27(23)21(16)12-17)15-7-10-19(11-8-15)29-18-4-2-1-3-5-18/h1-12,14,25H,13,24H2. The van der Waals surface area contributed by atoms with Crippen LogP contribution in [0.1, 0.15) is 15.9 Å². The molecular weight excluding hydrogens is 364 g/mol. The summed E-state index contributed by atoms with van der Waals surface area (Å²) in [5.41, 5.74) is 10.6. The number of nitrogens with zero attached hydrogens (tertiary/aromatic N) is 2. The number of carbonyl (C=O) groups is 1. The third kappa shape index (κ3) is 3.00. The lowest BCUT2D eigenvalue weighted by molar-refractivity contribution is 0.112. The molecule has 0 unspecified atom stereocenters. The molecule has 142 valence electrons.